The van der Waals surface area contributed by atoms with E-state index in [9.17, 15) is 4.79 Å². The Morgan fingerprint density at radius 1 is 1.35 bits per heavy atom. The van der Waals surface area contributed by atoms with Gasteiger partial charge < -0.3 is 10.6 Å². The zero-order chi connectivity index (χ0) is 14.8. The highest BCUT2D eigenvalue weighted by atomic mass is 16.1. The normalized spacial score (nSPS) is 10.6. The zero-order valence-corrected chi connectivity index (χ0v) is 12.5. The molecule has 0 unspecified atom stereocenters. The van der Waals surface area contributed by atoms with Crippen molar-refractivity contribution in [3.63, 3.8) is 0 Å². The zero-order valence-electron chi connectivity index (χ0n) is 12.5. The third-order valence-corrected chi connectivity index (χ3v) is 3.09. The largest absolute Gasteiger partial charge is 0.325 e. The van der Waals surface area contributed by atoms with Gasteiger partial charge in [0.2, 0.25) is 5.91 Å². The van der Waals surface area contributed by atoms with Crippen molar-refractivity contribution in [2.24, 2.45) is 0 Å². The summed E-state index contributed by atoms with van der Waals surface area (Å²) in [5.41, 5.74) is 2.06. The summed E-state index contributed by atoms with van der Waals surface area (Å²) in [6, 6.07) is 8.01. The van der Waals surface area contributed by atoms with Gasteiger partial charge in [-0.15, -0.1) is 6.58 Å². The minimum absolute atomic E-state index is 0.0353. The van der Waals surface area contributed by atoms with Gasteiger partial charge in [0.1, 0.15) is 0 Å². The lowest BCUT2D eigenvalue weighted by molar-refractivity contribution is -0.115. The summed E-state index contributed by atoms with van der Waals surface area (Å²) in [7, 11) is 0. The van der Waals surface area contributed by atoms with Crippen LogP contribution in [0.3, 0.4) is 0 Å². The van der Waals surface area contributed by atoms with Crippen LogP contribution < -0.4 is 10.6 Å². The molecular weight excluding hydrogens is 250 g/mol. The molecule has 0 spiro atoms. The Balaban J connectivity index is 2.54. The molecule has 20 heavy (non-hydrogen) atoms. The van der Waals surface area contributed by atoms with Crippen molar-refractivity contribution in [3.05, 3.63) is 42.5 Å². The van der Waals surface area contributed by atoms with Gasteiger partial charge in [0, 0.05) is 18.8 Å². The van der Waals surface area contributed by atoms with E-state index in [2.05, 4.69) is 42.0 Å². The first-order chi connectivity index (χ1) is 9.69. The Hall–Kier alpha value is -1.65. The summed E-state index contributed by atoms with van der Waals surface area (Å²) in [5.74, 6) is -0.0353. The van der Waals surface area contributed by atoms with Gasteiger partial charge in [-0.3, -0.25) is 9.69 Å². The summed E-state index contributed by atoms with van der Waals surface area (Å²) >= 11 is 0. The van der Waals surface area contributed by atoms with Crippen molar-refractivity contribution < 1.29 is 4.79 Å². The second-order valence-corrected chi connectivity index (χ2v) is 4.63. The molecule has 0 aliphatic carbocycles. The van der Waals surface area contributed by atoms with Crippen molar-refractivity contribution in [2.45, 2.75) is 20.4 Å². The molecule has 0 saturated carbocycles. The number of carbonyl (C=O) groups is 1. The second-order valence-electron chi connectivity index (χ2n) is 4.63. The number of benzene rings is 1. The molecule has 1 rings (SSSR count). The van der Waals surface area contributed by atoms with E-state index in [0.717, 1.165) is 25.3 Å². The molecule has 2 N–H and O–H groups in total. The monoisotopic (exact) mass is 275 g/mol. The third kappa shape index (κ3) is 5.99. The number of carbonyl (C=O) groups excluding carboxylic acids is 1. The molecule has 0 bridgehead atoms. The predicted molar refractivity (Wildman–Crippen MR) is 84.8 cm³/mol. The maximum absolute atomic E-state index is 11.7. The van der Waals surface area contributed by atoms with E-state index >= 15 is 0 Å². The van der Waals surface area contributed by atoms with Gasteiger partial charge in [-0.2, -0.15) is 0 Å². The fourth-order valence-corrected chi connectivity index (χ4v) is 1.95. The van der Waals surface area contributed by atoms with Crippen LogP contribution in [0.2, 0.25) is 0 Å². The van der Waals surface area contributed by atoms with E-state index < -0.39 is 0 Å². The molecule has 0 saturated heterocycles. The number of rotatable bonds is 9. The van der Waals surface area contributed by atoms with E-state index in [-0.39, 0.29) is 5.91 Å². The lowest BCUT2D eigenvalue weighted by Crippen LogP contribution is -2.28. The molecule has 1 amide bonds. The topological polar surface area (TPSA) is 44.4 Å². The smallest absolute Gasteiger partial charge is 0.238 e. The van der Waals surface area contributed by atoms with E-state index in [0.29, 0.717) is 13.1 Å². The predicted octanol–water partition coefficient (Wildman–Crippen LogP) is 2.24. The van der Waals surface area contributed by atoms with Crippen molar-refractivity contribution in [3.8, 4) is 0 Å². The Kier molecular flexibility index (Phi) is 7.62. The fraction of sp³-hybridized carbons (Fsp3) is 0.438. The lowest BCUT2D eigenvalue weighted by Gasteiger charge is -2.18. The van der Waals surface area contributed by atoms with E-state index in [1.54, 1.807) is 6.08 Å². The molecule has 0 aliphatic heterocycles. The van der Waals surface area contributed by atoms with Crippen molar-refractivity contribution in [1.82, 2.24) is 10.2 Å². The standard InChI is InChI=1S/C16H25N3O/c1-4-10-17-12-16(20)18-15-9-7-8-14(11-15)13-19(5-2)6-3/h4,7-9,11,17H,1,5-6,10,12-13H2,2-3H3,(H,18,20). The second kappa shape index (κ2) is 9.28. The summed E-state index contributed by atoms with van der Waals surface area (Å²) in [4.78, 5) is 14.1. The molecule has 4 nitrogen and oxygen atoms in total. The number of hydrogen-bond donors (Lipinski definition) is 2. The van der Waals surface area contributed by atoms with Crippen LogP contribution in [0.5, 0.6) is 0 Å². The van der Waals surface area contributed by atoms with Gasteiger partial charge >= 0.3 is 0 Å². The molecule has 4 heteroatoms. The Morgan fingerprint density at radius 2 is 2.10 bits per heavy atom. The van der Waals surface area contributed by atoms with Gasteiger partial charge in [0.05, 0.1) is 6.54 Å². The first-order valence-corrected chi connectivity index (χ1v) is 7.12. The molecule has 0 atom stereocenters. The number of nitrogens with one attached hydrogen (secondary N) is 2. The van der Waals surface area contributed by atoms with Crippen LogP contribution in [0.4, 0.5) is 5.69 Å². The Bertz CT molecular complexity index is 427. The van der Waals surface area contributed by atoms with E-state index in [1.165, 1.54) is 5.56 Å². The first kappa shape index (κ1) is 16.4. The molecule has 1 aromatic carbocycles. The number of anilines is 1. The van der Waals surface area contributed by atoms with E-state index in [4.69, 9.17) is 0 Å². The van der Waals surface area contributed by atoms with Crippen molar-refractivity contribution in [1.29, 1.82) is 0 Å². The van der Waals surface area contributed by atoms with Gasteiger partial charge in [0.25, 0.3) is 0 Å². The molecule has 110 valence electrons. The number of hydrogen-bond acceptors (Lipinski definition) is 3. The molecule has 0 radical (unpaired) electrons. The summed E-state index contributed by atoms with van der Waals surface area (Å²) < 4.78 is 0. The molecule has 1 aromatic rings. The highest BCUT2D eigenvalue weighted by molar-refractivity contribution is 5.92. The summed E-state index contributed by atoms with van der Waals surface area (Å²) in [6.45, 7) is 11.8. The van der Waals surface area contributed by atoms with Gasteiger partial charge in [-0.25, -0.2) is 0 Å². The van der Waals surface area contributed by atoms with Crippen LogP contribution in [0.15, 0.2) is 36.9 Å². The quantitative estimate of drug-likeness (QED) is 0.536. The van der Waals surface area contributed by atoms with Gasteiger partial charge in [0.15, 0.2) is 0 Å². The summed E-state index contributed by atoms with van der Waals surface area (Å²) in [5, 5.41) is 5.88. The van der Waals surface area contributed by atoms with Crippen LogP contribution in [0.1, 0.15) is 19.4 Å². The highest BCUT2D eigenvalue weighted by Gasteiger charge is 2.04. The van der Waals surface area contributed by atoms with Crippen LogP contribution in [-0.4, -0.2) is 37.0 Å². The molecule has 0 fully saturated rings. The average molecular weight is 275 g/mol. The van der Waals surface area contributed by atoms with E-state index in [1.807, 2.05) is 18.2 Å². The SMILES string of the molecule is C=CCNCC(=O)Nc1cccc(CN(CC)CC)c1. The Labute approximate surface area is 121 Å². The van der Waals surface area contributed by atoms with Gasteiger partial charge in [-0.1, -0.05) is 32.1 Å². The fourth-order valence-electron chi connectivity index (χ4n) is 1.95. The Morgan fingerprint density at radius 3 is 2.75 bits per heavy atom. The maximum Gasteiger partial charge on any atom is 0.238 e. The van der Waals surface area contributed by atoms with Crippen molar-refractivity contribution in [2.75, 3.05) is 31.5 Å². The van der Waals surface area contributed by atoms with Gasteiger partial charge in [-0.05, 0) is 30.8 Å². The summed E-state index contributed by atoms with van der Waals surface area (Å²) in [6.07, 6.45) is 1.73. The van der Waals surface area contributed by atoms with Crippen LogP contribution in [0.25, 0.3) is 0 Å². The van der Waals surface area contributed by atoms with Crippen LogP contribution in [-0.2, 0) is 11.3 Å². The number of amides is 1. The minimum Gasteiger partial charge on any atom is -0.325 e. The molecule has 0 heterocycles. The van der Waals surface area contributed by atoms with Crippen molar-refractivity contribution >= 4 is 11.6 Å². The molecule has 0 aliphatic rings. The van der Waals surface area contributed by atoms with Crippen LogP contribution >= 0.6 is 0 Å². The minimum atomic E-state index is -0.0353. The third-order valence-electron chi connectivity index (χ3n) is 3.09. The van der Waals surface area contributed by atoms with Crippen LogP contribution in [0, 0.1) is 0 Å². The highest BCUT2D eigenvalue weighted by Crippen LogP contribution is 2.12. The first-order valence-electron chi connectivity index (χ1n) is 7.12. The molecule has 0 aromatic heterocycles. The lowest BCUT2D eigenvalue weighted by atomic mass is 10.2. The maximum atomic E-state index is 11.7. The molecular formula is C16H25N3O. The number of nitrogens with zero attached hydrogens (tertiary/aromatic N) is 1. The average Bonchev–Trinajstić information content (AvgIpc) is 2.45.